The van der Waals surface area contributed by atoms with E-state index in [1.807, 2.05) is 36.4 Å². The molecule has 0 saturated heterocycles. The van der Waals surface area contributed by atoms with Gasteiger partial charge in [0.05, 0.1) is 11.7 Å². The third kappa shape index (κ3) is 2.05. The van der Waals surface area contributed by atoms with Crippen molar-refractivity contribution < 1.29 is 8.81 Å². The maximum Gasteiger partial charge on any atom is 0.135 e. The van der Waals surface area contributed by atoms with E-state index < -0.39 is 0 Å². The van der Waals surface area contributed by atoms with Crippen LogP contribution < -0.4 is 5.73 Å². The topological polar surface area (TPSA) is 52.0 Å². The molecule has 1 unspecified atom stereocenters. The largest absolute Gasteiger partial charge is 0.456 e. The Labute approximate surface area is 126 Å². The predicted molar refractivity (Wildman–Crippen MR) is 83.9 cm³/mol. The number of furan rings is 1. The van der Waals surface area contributed by atoms with Crippen LogP contribution in [-0.4, -0.2) is 4.98 Å². The number of benzene rings is 2. The highest BCUT2D eigenvalue weighted by atomic mass is 19.1. The Morgan fingerprint density at radius 3 is 2.50 bits per heavy atom. The minimum atomic E-state index is -0.330. The molecule has 0 radical (unpaired) electrons. The second-order valence-electron chi connectivity index (χ2n) is 5.23. The van der Waals surface area contributed by atoms with Gasteiger partial charge < -0.3 is 10.2 Å². The van der Waals surface area contributed by atoms with Gasteiger partial charge in [0, 0.05) is 17.0 Å². The molecule has 0 bridgehead atoms. The fourth-order valence-corrected chi connectivity index (χ4v) is 2.69. The van der Waals surface area contributed by atoms with Gasteiger partial charge in [-0.25, -0.2) is 4.39 Å². The van der Waals surface area contributed by atoms with E-state index in [-0.39, 0.29) is 11.9 Å². The zero-order chi connectivity index (χ0) is 15.1. The Morgan fingerprint density at radius 2 is 1.73 bits per heavy atom. The van der Waals surface area contributed by atoms with E-state index in [1.54, 1.807) is 12.3 Å². The molecule has 2 N–H and O–H groups in total. The molecule has 108 valence electrons. The van der Waals surface area contributed by atoms with E-state index >= 15 is 0 Å². The maximum atomic E-state index is 13.5. The lowest BCUT2D eigenvalue weighted by molar-refractivity contribution is 0.626. The molecule has 4 heteroatoms. The normalized spacial score (nSPS) is 12.8. The summed E-state index contributed by atoms with van der Waals surface area (Å²) in [5, 5.41) is 1.61. The smallest absolute Gasteiger partial charge is 0.135 e. The summed E-state index contributed by atoms with van der Waals surface area (Å²) in [6.07, 6.45) is 1.72. The number of aromatic nitrogens is 1. The number of fused-ring (bicyclic) bond motifs is 3. The first-order valence-corrected chi connectivity index (χ1v) is 7.00. The molecular weight excluding hydrogens is 279 g/mol. The van der Waals surface area contributed by atoms with Gasteiger partial charge in [-0.1, -0.05) is 12.1 Å². The molecule has 4 aromatic rings. The van der Waals surface area contributed by atoms with Crippen molar-refractivity contribution in [3.8, 4) is 0 Å². The van der Waals surface area contributed by atoms with Crippen molar-refractivity contribution in [1.82, 2.24) is 4.98 Å². The van der Waals surface area contributed by atoms with Crippen LogP contribution in [0.15, 0.2) is 65.2 Å². The molecular formula is C18H13FN2O. The van der Waals surface area contributed by atoms with Crippen LogP contribution in [0.2, 0.25) is 0 Å². The van der Waals surface area contributed by atoms with Gasteiger partial charge in [0.2, 0.25) is 0 Å². The van der Waals surface area contributed by atoms with Crippen LogP contribution in [0.25, 0.3) is 21.9 Å². The molecule has 0 fully saturated rings. The van der Waals surface area contributed by atoms with Gasteiger partial charge in [0.25, 0.3) is 0 Å². The Bertz CT molecular complexity index is 963. The Kier molecular flexibility index (Phi) is 2.91. The Morgan fingerprint density at radius 1 is 0.955 bits per heavy atom. The monoisotopic (exact) mass is 292 g/mol. The van der Waals surface area contributed by atoms with Crippen LogP contribution in [-0.2, 0) is 0 Å². The summed E-state index contributed by atoms with van der Waals surface area (Å²) in [6.45, 7) is 0. The molecule has 0 saturated carbocycles. The molecule has 22 heavy (non-hydrogen) atoms. The van der Waals surface area contributed by atoms with Crippen molar-refractivity contribution in [3.05, 3.63) is 77.9 Å². The first-order chi connectivity index (χ1) is 10.7. The van der Waals surface area contributed by atoms with Crippen molar-refractivity contribution in [1.29, 1.82) is 0 Å². The highest BCUT2D eigenvalue weighted by Crippen LogP contribution is 2.31. The van der Waals surface area contributed by atoms with E-state index in [1.165, 1.54) is 12.1 Å². The fourth-order valence-electron chi connectivity index (χ4n) is 2.69. The molecule has 3 nitrogen and oxygen atoms in total. The second kappa shape index (κ2) is 4.93. The first kappa shape index (κ1) is 13.0. The summed E-state index contributed by atoms with van der Waals surface area (Å²) in [5.74, 6) is -0.283. The number of pyridine rings is 1. The SMILES string of the molecule is NC(c1ccc2oc3ccc(F)cc3c2c1)c1ccccn1. The van der Waals surface area contributed by atoms with E-state index in [0.717, 1.165) is 27.6 Å². The van der Waals surface area contributed by atoms with Crippen molar-refractivity contribution in [2.45, 2.75) is 6.04 Å². The molecule has 2 aromatic carbocycles. The molecule has 0 aliphatic heterocycles. The van der Waals surface area contributed by atoms with Crippen LogP contribution >= 0.6 is 0 Å². The summed E-state index contributed by atoms with van der Waals surface area (Å²) >= 11 is 0. The summed E-state index contributed by atoms with van der Waals surface area (Å²) in [4.78, 5) is 4.29. The molecule has 2 heterocycles. The van der Waals surface area contributed by atoms with Crippen molar-refractivity contribution in [2.75, 3.05) is 0 Å². The van der Waals surface area contributed by atoms with Crippen molar-refractivity contribution >= 4 is 21.9 Å². The zero-order valence-corrected chi connectivity index (χ0v) is 11.7. The molecule has 4 rings (SSSR count). The van der Waals surface area contributed by atoms with Crippen LogP contribution in [0.4, 0.5) is 4.39 Å². The molecule has 0 aliphatic rings. The summed E-state index contributed by atoms with van der Waals surface area (Å²) in [5.41, 5.74) is 9.38. The number of hydrogen-bond acceptors (Lipinski definition) is 3. The van der Waals surface area contributed by atoms with Crippen molar-refractivity contribution in [2.24, 2.45) is 5.73 Å². The lowest BCUT2D eigenvalue weighted by atomic mass is 10.0. The van der Waals surface area contributed by atoms with Gasteiger partial charge in [-0.2, -0.15) is 0 Å². The molecule has 2 aromatic heterocycles. The number of nitrogens with two attached hydrogens (primary N) is 1. The third-order valence-corrected chi connectivity index (χ3v) is 3.82. The van der Waals surface area contributed by atoms with E-state index in [9.17, 15) is 4.39 Å². The van der Waals surface area contributed by atoms with Crippen LogP contribution in [0, 0.1) is 5.82 Å². The quantitative estimate of drug-likeness (QED) is 0.603. The zero-order valence-electron chi connectivity index (χ0n) is 11.7. The number of rotatable bonds is 2. The summed E-state index contributed by atoms with van der Waals surface area (Å²) in [6, 6.07) is 15.6. The summed E-state index contributed by atoms with van der Waals surface area (Å²) < 4.78 is 19.2. The number of halogens is 1. The van der Waals surface area contributed by atoms with Gasteiger partial charge in [-0.3, -0.25) is 4.98 Å². The van der Waals surface area contributed by atoms with E-state index in [0.29, 0.717) is 5.58 Å². The van der Waals surface area contributed by atoms with Crippen LogP contribution in [0.5, 0.6) is 0 Å². The van der Waals surface area contributed by atoms with E-state index in [4.69, 9.17) is 10.2 Å². The van der Waals surface area contributed by atoms with E-state index in [2.05, 4.69) is 4.98 Å². The number of nitrogens with zero attached hydrogens (tertiary/aromatic N) is 1. The lowest BCUT2D eigenvalue weighted by Crippen LogP contribution is -2.13. The Balaban J connectivity index is 1.89. The highest BCUT2D eigenvalue weighted by molar-refractivity contribution is 6.05. The molecule has 0 amide bonds. The van der Waals surface area contributed by atoms with Crippen LogP contribution in [0.1, 0.15) is 17.3 Å². The first-order valence-electron chi connectivity index (χ1n) is 7.00. The highest BCUT2D eigenvalue weighted by Gasteiger charge is 2.13. The molecule has 1 atom stereocenters. The second-order valence-corrected chi connectivity index (χ2v) is 5.23. The lowest BCUT2D eigenvalue weighted by Gasteiger charge is -2.11. The van der Waals surface area contributed by atoms with Gasteiger partial charge >= 0.3 is 0 Å². The molecule has 0 aliphatic carbocycles. The average molecular weight is 292 g/mol. The van der Waals surface area contributed by atoms with Gasteiger partial charge in [0.1, 0.15) is 17.0 Å². The minimum Gasteiger partial charge on any atom is -0.456 e. The van der Waals surface area contributed by atoms with Crippen molar-refractivity contribution in [3.63, 3.8) is 0 Å². The number of hydrogen-bond donors (Lipinski definition) is 1. The van der Waals surface area contributed by atoms with Gasteiger partial charge in [0.15, 0.2) is 0 Å². The average Bonchev–Trinajstić information content (AvgIpc) is 2.92. The standard InChI is InChI=1S/C18H13FN2O/c19-12-5-7-17-14(10-12)13-9-11(4-6-16(13)22-17)18(20)15-3-1-2-8-21-15/h1-10,18H,20H2. The van der Waals surface area contributed by atoms with Crippen LogP contribution in [0.3, 0.4) is 0 Å². The third-order valence-electron chi connectivity index (χ3n) is 3.82. The predicted octanol–water partition coefficient (Wildman–Crippen LogP) is 4.17. The molecule has 0 spiro atoms. The van der Waals surface area contributed by atoms with Gasteiger partial charge in [-0.15, -0.1) is 0 Å². The fraction of sp³-hybridized carbons (Fsp3) is 0.0556. The minimum absolute atomic E-state index is 0.283. The summed E-state index contributed by atoms with van der Waals surface area (Å²) in [7, 11) is 0. The maximum absolute atomic E-state index is 13.5. The van der Waals surface area contributed by atoms with Gasteiger partial charge in [-0.05, 0) is 48.0 Å². The Hall–Kier alpha value is -2.72.